The fraction of sp³-hybridized carbons (Fsp3) is 0.278. The number of epoxide rings is 1. The Kier molecular flexibility index (Phi) is 3.74. The van der Waals surface area contributed by atoms with Gasteiger partial charge >= 0.3 is 0 Å². The first kappa shape index (κ1) is 16.1. The minimum atomic E-state index is -0.401. The molecule has 0 radical (unpaired) electrons. The van der Waals surface area contributed by atoms with Crippen LogP contribution in [0.25, 0.3) is 0 Å². The van der Waals surface area contributed by atoms with Crippen LogP contribution in [-0.2, 0) is 4.74 Å². The van der Waals surface area contributed by atoms with Crippen molar-refractivity contribution in [1.82, 2.24) is 0 Å². The second-order valence-corrected chi connectivity index (χ2v) is 6.93. The molecule has 4 rings (SSSR count). The molecule has 0 unspecified atom stereocenters. The summed E-state index contributed by atoms with van der Waals surface area (Å²) in [7, 11) is 0. The quantitative estimate of drug-likeness (QED) is 0.470. The normalized spacial score (nSPS) is 25.0. The first-order valence-corrected chi connectivity index (χ1v) is 8.35. The van der Waals surface area contributed by atoms with Crippen molar-refractivity contribution < 1.29 is 9.66 Å². The maximum Gasteiger partial charge on any atom is 0.269 e. The van der Waals surface area contributed by atoms with Crippen molar-refractivity contribution in [2.45, 2.75) is 25.0 Å². The van der Waals surface area contributed by atoms with Gasteiger partial charge in [-0.3, -0.25) is 15.1 Å². The maximum atomic E-state index is 10.8. The van der Waals surface area contributed by atoms with Gasteiger partial charge in [0.25, 0.3) is 5.69 Å². The predicted octanol–water partition coefficient (Wildman–Crippen LogP) is 4.02. The standard InChI is InChI=1S/C18H16ClN3O3/c1-18(11-25-18)17-10-16(12-2-6-15(7-3-12)22(23)24)20-21(17)14-8-4-13(19)5-9-14/h2-9,17H,10-11H2,1H3/t17-,18-/m1/s1. The molecule has 2 aliphatic heterocycles. The topological polar surface area (TPSA) is 71.3 Å². The van der Waals surface area contributed by atoms with E-state index in [4.69, 9.17) is 21.4 Å². The van der Waals surface area contributed by atoms with Crippen molar-refractivity contribution in [3.05, 3.63) is 69.2 Å². The lowest BCUT2D eigenvalue weighted by atomic mass is 9.95. The highest BCUT2D eigenvalue weighted by Crippen LogP contribution is 2.41. The summed E-state index contributed by atoms with van der Waals surface area (Å²) < 4.78 is 5.66. The van der Waals surface area contributed by atoms with Crippen molar-refractivity contribution in [3.63, 3.8) is 0 Å². The Labute approximate surface area is 149 Å². The molecule has 2 heterocycles. The first-order valence-electron chi connectivity index (χ1n) is 7.97. The summed E-state index contributed by atoms with van der Waals surface area (Å²) in [6, 6.07) is 14.1. The highest BCUT2D eigenvalue weighted by Gasteiger charge is 2.52. The van der Waals surface area contributed by atoms with Gasteiger partial charge in [0.15, 0.2) is 0 Å². The number of ether oxygens (including phenoxy) is 1. The predicted molar refractivity (Wildman–Crippen MR) is 96.3 cm³/mol. The lowest BCUT2D eigenvalue weighted by molar-refractivity contribution is -0.384. The smallest absolute Gasteiger partial charge is 0.269 e. The second-order valence-electron chi connectivity index (χ2n) is 6.49. The van der Waals surface area contributed by atoms with E-state index in [1.807, 2.05) is 29.3 Å². The number of benzene rings is 2. The maximum absolute atomic E-state index is 10.8. The number of hydrazone groups is 1. The summed E-state index contributed by atoms with van der Waals surface area (Å²) in [5, 5.41) is 18.3. The summed E-state index contributed by atoms with van der Waals surface area (Å²) >= 11 is 5.99. The lowest BCUT2D eigenvalue weighted by Crippen LogP contribution is -2.38. The van der Waals surface area contributed by atoms with Gasteiger partial charge in [-0.05, 0) is 48.9 Å². The van der Waals surface area contributed by atoms with Crippen LogP contribution in [0.4, 0.5) is 11.4 Å². The fourth-order valence-electron chi connectivity index (χ4n) is 3.07. The third-order valence-electron chi connectivity index (χ3n) is 4.72. The van der Waals surface area contributed by atoms with Gasteiger partial charge in [0.2, 0.25) is 0 Å². The van der Waals surface area contributed by atoms with E-state index in [9.17, 15) is 10.1 Å². The van der Waals surface area contributed by atoms with E-state index in [0.29, 0.717) is 11.6 Å². The number of non-ortho nitro benzene ring substituents is 1. The zero-order chi connectivity index (χ0) is 17.6. The van der Waals surface area contributed by atoms with Crippen LogP contribution < -0.4 is 5.01 Å². The molecule has 0 spiro atoms. The summed E-state index contributed by atoms with van der Waals surface area (Å²) in [6.07, 6.45) is 0.719. The molecule has 1 fully saturated rings. The molecule has 25 heavy (non-hydrogen) atoms. The Morgan fingerprint density at radius 3 is 2.44 bits per heavy atom. The van der Waals surface area contributed by atoms with Gasteiger partial charge in [-0.1, -0.05) is 11.6 Å². The van der Waals surface area contributed by atoms with Crippen molar-refractivity contribution in [2.24, 2.45) is 5.10 Å². The number of hydrogen-bond acceptors (Lipinski definition) is 5. The van der Waals surface area contributed by atoms with E-state index in [0.717, 1.165) is 23.4 Å². The minimum absolute atomic E-state index is 0.0749. The molecule has 2 aromatic carbocycles. The molecule has 6 nitrogen and oxygen atoms in total. The summed E-state index contributed by atoms with van der Waals surface area (Å²) in [4.78, 5) is 10.4. The molecule has 1 saturated heterocycles. The second kappa shape index (κ2) is 5.82. The number of halogens is 1. The van der Waals surface area contributed by atoms with E-state index in [2.05, 4.69) is 6.92 Å². The monoisotopic (exact) mass is 357 g/mol. The Balaban J connectivity index is 1.67. The Bertz CT molecular complexity index is 845. The largest absolute Gasteiger partial charge is 0.368 e. The van der Waals surface area contributed by atoms with Crippen LogP contribution in [0.15, 0.2) is 53.6 Å². The number of hydrogen-bond donors (Lipinski definition) is 0. The first-order chi connectivity index (χ1) is 12.0. The van der Waals surface area contributed by atoms with E-state index in [-0.39, 0.29) is 17.3 Å². The zero-order valence-electron chi connectivity index (χ0n) is 13.6. The van der Waals surface area contributed by atoms with Gasteiger partial charge in [-0.2, -0.15) is 5.10 Å². The molecule has 2 aromatic rings. The average Bonchev–Trinajstić information content (AvgIpc) is 3.20. The van der Waals surface area contributed by atoms with Crippen molar-refractivity contribution >= 4 is 28.7 Å². The summed E-state index contributed by atoms with van der Waals surface area (Å²) in [6.45, 7) is 2.78. The third-order valence-corrected chi connectivity index (χ3v) is 4.97. The number of nitrogens with zero attached hydrogens (tertiary/aromatic N) is 3. The van der Waals surface area contributed by atoms with Gasteiger partial charge in [0, 0.05) is 23.6 Å². The van der Waals surface area contributed by atoms with Crippen LogP contribution in [0.5, 0.6) is 0 Å². The molecule has 7 heteroatoms. The van der Waals surface area contributed by atoms with Crippen LogP contribution in [0.3, 0.4) is 0 Å². The van der Waals surface area contributed by atoms with Crippen LogP contribution in [0, 0.1) is 10.1 Å². The molecule has 128 valence electrons. The molecular formula is C18H16ClN3O3. The lowest BCUT2D eigenvalue weighted by Gasteiger charge is -2.26. The summed E-state index contributed by atoms with van der Waals surface area (Å²) in [5.74, 6) is 0. The van der Waals surface area contributed by atoms with Gasteiger partial charge < -0.3 is 4.74 Å². The molecule has 0 saturated carbocycles. The average molecular weight is 358 g/mol. The molecule has 2 atom stereocenters. The van der Waals surface area contributed by atoms with E-state index in [1.54, 1.807) is 12.1 Å². The van der Waals surface area contributed by atoms with Gasteiger partial charge in [-0.25, -0.2) is 0 Å². The molecule has 0 bridgehead atoms. The minimum Gasteiger partial charge on any atom is -0.368 e. The van der Waals surface area contributed by atoms with Crippen LogP contribution >= 0.6 is 11.6 Å². The number of rotatable bonds is 4. The number of nitro benzene ring substituents is 1. The molecular weight excluding hydrogens is 342 g/mol. The molecule has 0 aromatic heterocycles. The SMILES string of the molecule is C[C@]1([C@H]2CC(c3ccc([N+](=O)[O-])cc3)=NN2c2ccc(Cl)cc2)CO1. The Morgan fingerprint density at radius 1 is 1.24 bits per heavy atom. The molecule has 0 N–H and O–H groups in total. The van der Waals surface area contributed by atoms with Crippen molar-refractivity contribution in [2.75, 3.05) is 11.6 Å². The number of nitro groups is 1. The summed E-state index contributed by atoms with van der Waals surface area (Å²) in [5.41, 5.74) is 2.57. The fourth-order valence-corrected chi connectivity index (χ4v) is 3.20. The van der Waals surface area contributed by atoms with Crippen molar-refractivity contribution in [3.8, 4) is 0 Å². The highest BCUT2D eigenvalue weighted by molar-refractivity contribution is 6.30. The Hall–Kier alpha value is -2.44. The Morgan fingerprint density at radius 2 is 1.88 bits per heavy atom. The van der Waals surface area contributed by atoms with E-state index in [1.165, 1.54) is 12.1 Å². The van der Waals surface area contributed by atoms with E-state index >= 15 is 0 Å². The molecule has 0 amide bonds. The third kappa shape index (κ3) is 2.99. The van der Waals surface area contributed by atoms with Gasteiger partial charge in [0.05, 0.1) is 29.0 Å². The van der Waals surface area contributed by atoms with Crippen LogP contribution in [-0.4, -0.2) is 28.9 Å². The van der Waals surface area contributed by atoms with Crippen molar-refractivity contribution in [1.29, 1.82) is 0 Å². The van der Waals surface area contributed by atoms with Gasteiger partial charge in [-0.15, -0.1) is 0 Å². The van der Waals surface area contributed by atoms with Gasteiger partial charge in [0.1, 0.15) is 5.60 Å². The van der Waals surface area contributed by atoms with E-state index < -0.39 is 4.92 Å². The highest BCUT2D eigenvalue weighted by atomic mass is 35.5. The van der Waals surface area contributed by atoms with Crippen LogP contribution in [0.1, 0.15) is 18.9 Å². The molecule has 0 aliphatic carbocycles. The van der Waals surface area contributed by atoms with Crippen LogP contribution in [0.2, 0.25) is 5.02 Å². The zero-order valence-corrected chi connectivity index (χ0v) is 14.3. The molecule has 2 aliphatic rings. The number of anilines is 1.